The van der Waals surface area contributed by atoms with E-state index in [-0.39, 0.29) is 12.4 Å². The Morgan fingerprint density at radius 3 is 2.79 bits per heavy atom. The van der Waals surface area contributed by atoms with E-state index in [9.17, 15) is 4.39 Å². The van der Waals surface area contributed by atoms with Crippen LogP contribution in [0.25, 0.3) is 0 Å². The highest BCUT2D eigenvalue weighted by atomic mass is 19.1. The third-order valence-corrected chi connectivity index (χ3v) is 3.65. The molecule has 0 aliphatic carbocycles. The molecule has 1 saturated heterocycles. The smallest absolute Gasteiger partial charge is 0.128 e. The molecule has 0 amide bonds. The molecular formula is C16H20FNO. The Balaban J connectivity index is 2.09. The van der Waals surface area contributed by atoms with Crippen LogP contribution in [0.5, 0.6) is 0 Å². The molecule has 0 saturated carbocycles. The molecule has 0 spiro atoms. The summed E-state index contributed by atoms with van der Waals surface area (Å²) < 4.78 is 14.0. The van der Waals surface area contributed by atoms with Crippen LogP contribution in [0.2, 0.25) is 0 Å². The fourth-order valence-electron chi connectivity index (χ4n) is 2.72. The fourth-order valence-corrected chi connectivity index (χ4v) is 2.72. The third-order valence-electron chi connectivity index (χ3n) is 3.65. The first-order valence-electron chi connectivity index (χ1n) is 6.72. The molecule has 1 N–H and O–H groups in total. The molecule has 1 heterocycles. The summed E-state index contributed by atoms with van der Waals surface area (Å²) in [6, 6.07) is 5.57. The molecule has 3 heteroatoms. The maximum absolute atomic E-state index is 14.0. The zero-order valence-corrected chi connectivity index (χ0v) is 11.5. The molecule has 1 aliphatic heterocycles. The summed E-state index contributed by atoms with van der Waals surface area (Å²) >= 11 is 0. The van der Waals surface area contributed by atoms with Crippen molar-refractivity contribution in [3.8, 4) is 11.8 Å². The third kappa shape index (κ3) is 3.56. The van der Waals surface area contributed by atoms with Crippen molar-refractivity contribution in [3.63, 3.8) is 0 Å². The lowest BCUT2D eigenvalue weighted by molar-refractivity contribution is 0.253. The Kier molecular flexibility index (Phi) is 4.57. The summed E-state index contributed by atoms with van der Waals surface area (Å²) in [5, 5.41) is 8.62. The highest BCUT2D eigenvalue weighted by Crippen LogP contribution is 2.25. The second-order valence-electron chi connectivity index (χ2n) is 5.39. The maximum atomic E-state index is 14.0. The molecular weight excluding hydrogens is 241 g/mol. The minimum atomic E-state index is -0.212. The van der Waals surface area contributed by atoms with Crippen molar-refractivity contribution >= 4 is 0 Å². The molecule has 1 aliphatic rings. The van der Waals surface area contributed by atoms with Crippen LogP contribution in [0.3, 0.4) is 0 Å². The molecule has 0 radical (unpaired) electrons. The summed E-state index contributed by atoms with van der Waals surface area (Å²) in [4.78, 5) is 2.32. The van der Waals surface area contributed by atoms with Crippen molar-refractivity contribution in [1.82, 2.24) is 4.90 Å². The molecule has 1 fully saturated rings. The first-order valence-corrected chi connectivity index (χ1v) is 6.72. The van der Waals surface area contributed by atoms with E-state index in [1.54, 1.807) is 6.07 Å². The van der Waals surface area contributed by atoms with Gasteiger partial charge in [0, 0.05) is 30.3 Å². The van der Waals surface area contributed by atoms with Crippen LogP contribution in [-0.4, -0.2) is 29.2 Å². The van der Waals surface area contributed by atoms with Crippen LogP contribution in [0.1, 0.15) is 31.4 Å². The Bertz CT molecular complexity index is 503. The van der Waals surface area contributed by atoms with Crippen molar-refractivity contribution in [2.24, 2.45) is 5.92 Å². The number of hydrogen-bond acceptors (Lipinski definition) is 2. The lowest BCUT2D eigenvalue weighted by Gasteiger charge is -2.21. The van der Waals surface area contributed by atoms with Gasteiger partial charge in [0.15, 0.2) is 0 Å². The average molecular weight is 261 g/mol. The van der Waals surface area contributed by atoms with Crippen molar-refractivity contribution in [2.45, 2.75) is 32.9 Å². The number of rotatable bonds is 2. The first-order chi connectivity index (χ1) is 9.10. The normalized spacial score (nSPS) is 23.2. The van der Waals surface area contributed by atoms with Gasteiger partial charge in [-0.1, -0.05) is 24.8 Å². The van der Waals surface area contributed by atoms with E-state index < -0.39 is 0 Å². The minimum absolute atomic E-state index is 0.202. The van der Waals surface area contributed by atoms with E-state index in [4.69, 9.17) is 5.11 Å². The Morgan fingerprint density at radius 2 is 2.21 bits per heavy atom. The van der Waals surface area contributed by atoms with Gasteiger partial charge in [-0.25, -0.2) is 4.39 Å². The second kappa shape index (κ2) is 6.18. The van der Waals surface area contributed by atoms with E-state index in [1.165, 1.54) is 12.5 Å². The molecule has 0 aromatic heterocycles. The standard InChI is InChI=1S/C16H20FNO/c1-12-8-13(2)18(10-12)11-15-6-5-14(4-3-7-19)9-16(15)17/h5-6,9,12-13,19H,7-8,10-11H2,1-2H3. The van der Waals surface area contributed by atoms with Crippen LogP contribution in [0.4, 0.5) is 4.39 Å². The van der Waals surface area contributed by atoms with Crippen molar-refractivity contribution in [2.75, 3.05) is 13.2 Å². The number of aliphatic hydroxyl groups is 1. The number of halogens is 1. The van der Waals surface area contributed by atoms with Gasteiger partial charge in [-0.15, -0.1) is 0 Å². The Morgan fingerprint density at radius 1 is 1.42 bits per heavy atom. The molecule has 1 aromatic carbocycles. The van der Waals surface area contributed by atoms with Gasteiger partial charge in [-0.2, -0.15) is 0 Å². The van der Waals surface area contributed by atoms with Gasteiger partial charge in [0.25, 0.3) is 0 Å². The summed E-state index contributed by atoms with van der Waals surface area (Å²) in [6.07, 6.45) is 1.18. The lowest BCUT2D eigenvalue weighted by atomic mass is 10.1. The quantitative estimate of drug-likeness (QED) is 0.826. The second-order valence-corrected chi connectivity index (χ2v) is 5.39. The average Bonchev–Trinajstić information content (AvgIpc) is 2.68. The fraction of sp³-hybridized carbons (Fsp3) is 0.500. The number of benzene rings is 1. The van der Waals surface area contributed by atoms with Crippen molar-refractivity contribution in [1.29, 1.82) is 0 Å². The van der Waals surface area contributed by atoms with Crippen molar-refractivity contribution < 1.29 is 9.50 Å². The maximum Gasteiger partial charge on any atom is 0.128 e. The summed E-state index contributed by atoms with van der Waals surface area (Å²) in [7, 11) is 0. The molecule has 2 unspecified atom stereocenters. The van der Waals surface area contributed by atoms with E-state index >= 15 is 0 Å². The van der Waals surface area contributed by atoms with E-state index in [2.05, 4.69) is 30.6 Å². The predicted octanol–water partition coefficient (Wildman–Crippen LogP) is 2.40. The van der Waals surface area contributed by atoms with E-state index in [0.29, 0.717) is 24.1 Å². The number of aliphatic hydroxyl groups excluding tert-OH is 1. The SMILES string of the molecule is CC1CC(C)N(Cc2ccc(C#CCO)cc2F)C1. The minimum Gasteiger partial charge on any atom is -0.384 e. The number of likely N-dealkylation sites (tertiary alicyclic amines) is 1. The van der Waals surface area contributed by atoms with Crippen LogP contribution >= 0.6 is 0 Å². The van der Waals surface area contributed by atoms with Gasteiger partial charge in [0.2, 0.25) is 0 Å². The molecule has 19 heavy (non-hydrogen) atoms. The highest BCUT2D eigenvalue weighted by molar-refractivity contribution is 5.37. The molecule has 102 valence electrons. The van der Waals surface area contributed by atoms with Gasteiger partial charge < -0.3 is 5.11 Å². The van der Waals surface area contributed by atoms with E-state index in [1.807, 2.05) is 6.07 Å². The summed E-state index contributed by atoms with van der Waals surface area (Å²) in [5.74, 6) is 5.72. The van der Waals surface area contributed by atoms with Gasteiger partial charge >= 0.3 is 0 Å². The zero-order valence-electron chi connectivity index (χ0n) is 11.5. The monoisotopic (exact) mass is 261 g/mol. The molecule has 0 bridgehead atoms. The topological polar surface area (TPSA) is 23.5 Å². The summed E-state index contributed by atoms with van der Waals surface area (Å²) in [6.45, 7) is 5.92. The van der Waals surface area contributed by atoms with Crippen molar-refractivity contribution in [3.05, 3.63) is 35.1 Å². The van der Waals surface area contributed by atoms with Crippen LogP contribution in [-0.2, 0) is 6.54 Å². The Hall–Kier alpha value is -1.37. The van der Waals surface area contributed by atoms with Crippen LogP contribution in [0.15, 0.2) is 18.2 Å². The molecule has 2 rings (SSSR count). The van der Waals surface area contributed by atoms with Gasteiger partial charge in [-0.3, -0.25) is 4.90 Å². The van der Waals surface area contributed by atoms with E-state index in [0.717, 1.165) is 12.1 Å². The van der Waals surface area contributed by atoms with Gasteiger partial charge in [0.05, 0.1) is 0 Å². The van der Waals surface area contributed by atoms with Crippen LogP contribution < -0.4 is 0 Å². The molecule has 2 nitrogen and oxygen atoms in total. The Labute approximate surface area is 114 Å². The highest BCUT2D eigenvalue weighted by Gasteiger charge is 2.26. The largest absolute Gasteiger partial charge is 0.384 e. The molecule has 2 atom stereocenters. The lowest BCUT2D eigenvalue weighted by Crippen LogP contribution is -2.27. The predicted molar refractivity (Wildman–Crippen MR) is 74.0 cm³/mol. The van der Waals surface area contributed by atoms with Gasteiger partial charge in [0.1, 0.15) is 12.4 Å². The number of hydrogen-bond donors (Lipinski definition) is 1. The molecule has 1 aromatic rings. The van der Waals surface area contributed by atoms with Gasteiger partial charge in [-0.05, 0) is 31.4 Å². The van der Waals surface area contributed by atoms with Crippen LogP contribution in [0, 0.1) is 23.6 Å². The first kappa shape index (κ1) is 14.0. The zero-order chi connectivity index (χ0) is 13.8. The summed E-state index contributed by atoms with van der Waals surface area (Å²) in [5.41, 5.74) is 1.33. The number of nitrogens with zero attached hydrogens (tertiary/aromatic N) is 1.